The first-order valence-electron chi connectivity index (χ1n) is 7.18. The van der Waals surface area contributed by atoms with E-state index in [2.05, 4.69) is 20.5 Å². The van der Waals surface area contributed by atoms with Gasteiger partial charge in [-0.2, -0.15) is 5.10 Å². The minimum Gasteiger partial charge on any atom is -0.497 e. The molecule has 0 unspecified atom stereocenters. The number of pyridine rings is 1. The zero-order valence-corrected chi connectivity index (χ0v) is 14.1. The van der Waals surface area contributed by atoms with E-state index in [0.717, 1.165) is 22.7 Å². The molecule has 122 valence electrons. The van der Waals surface area contributed by atoms with E-state index in [9.17, 15) is 0 Å². The van der Waals surface area contributed by atoms with Crippen molar-refractivity contribution < 1.29 is 9.47 Å². The molecule has 2 aromatic heterocycles. The van der Waals surface area contributed by atoms with Crippen molar-refractivity contribution in [2.75, 3.05) is 19.6 Å². The van der Waals surface area contributed by atoms with Crippen LogP contribution in [0.15, 0.2) is 53.1 Å². The Balaban J connectivity index is 1.75. The van der Waals surface area contributed by atoms with Crippen LogP contribution in [0, 0.1) is 0 Å². The molecule has 0 aliphatic carbocycles. The maximum atomic E-state index is 5.42. The zero-order chi connectivity index (χ0) is 16.8. The molecule has 3 aromatic rings. The molecule has 3 rings (SSSR count). The Morgan fingerprint density at radius 3 is 2.83 bits per heavy atom. The second-order valence-electron chi connectivity index (χ2n) is 4.73. The third-order valence-electron chi connectivity index (χ3n) is 3.23. The van der Waals surface area contributed by atoms with Gasteiger partial charge in [0.2, 0.25) is 5.13 Å². The second-order valence-corrected chi connectivity index (χ2v) is 5.59. The molecule has 0 spiro atoms. The summed E-state index contributed by atoms with van der Waals surface area (Å²) in [5.74, 6) is 1.45. The maximum Gasteiger partial charge on any atom is 0.203 e. The SMILES string of the molecule is COc1ccc(-c2csc(N/N=C\c3ccccn3)n2)c(OC)c1. The normalized spacial score (nSPS) is 10.8. The van der Waals surface area contributed by atoms with Crippen molar-refractivity contribution in [3.63, 3.8) is 0 Å². The molecule has 0 aliphatic rings. The number of hydrogen-bond acceptors (Lipinski definition) is 7. The fourth-order valence-corrected chi connectivity index (χ4v) is 2.72. The van der Waals surface area contributed by atoms with Gasteiger partial charge in [-0.1, -0.05) is 6.07 Å². The predicted octanol–water partition coefficient (Wildman–Crippen LogP) is 3.67. The second kappa shape index (κ2) is 7.56. The van der Waals surface area contributed by atoms with Gasteiger partial charge in [-0.05, 0) is 24.3 Å². The topological polar surface area (TPSA) is 68.6 Å². The van der Waals surface area contributed by atoms with Crippen molar-refractivity contribution in [1.82, 2.24) is 9.97 Å². The smallest absolute Gasteiger partial charge is 0.203 e. The fourth-order valence-electron chi connectivity index (χ4n) is 2.06. The van der Waals surface area contributed by atoms with Crippen LogP contribution in [0.2, 0.25) is 0 Å². The average Bonchev–Trinajstić information content (AvgIpc) is 3.10. The van der Waals surface area contributed by atoms with Crippen LogP contribution in [0.5, 0.6) is 11.5 Å². The van der Waals surface area contributed by atoms with Crippen molar-refractivity contribution in [2.24, 2.45) is 5.10 Å². The van der Waals surface area contributed by atoms with Gasteiger partial charge in [0, 0.05) is 23.2 Å². The van der Waals surface area contributed by atoms with Crippen LogP contribution in [0.4, 0.5) is 5.13 Å². The zero-order valence-electron chi connectivity index (χ0n) is 13.3. The van der Waals surface area contributed by atoms with Crippen LogP contribution in [0.3, 0.4) is 0 Å². The number of anilines is 1. The fraction of sp³-hybridized carbons (Fsp3) is 0.118. The largest absolute Gasteiger partial charge is 0.497 e. The van der Waals surface area contributed by atoms with Gasteiger partial charge < -0.3 is 9.47 Å². The van der Waals surface area contributed by atoms with Crippen molar-refractivity contribution in [3.8, 4) is 22.8 Å². The minimum absolute atomic E-state index is 0.690. The molecular formula is C17H16N4O2S. The highest BCUT2D eigenvalue weighted by atomic mass is 32.1. The Morgan fingerprint density at radius 2 is 2.08 bits per heavy atom. The monoisotopic (exact) mass is 340 g/mol. The molecule has 1 N–H and O–H groups in total. The maximum absolute atomic E-state index is 5.42. The molecule has 2 heterocycles. The summed E-state index contributed by atoms with van der Waals surface area (Å²) < 4.78 is 10.6. The van der Waals surface area contributed by atoms with E-state index < -0.39 is 0 Å². The molecular weight excluding hydrogens is 324 g/mol. The number of methoxy groups -OCH3 is 2. The molecule has 0 saturated heterocycles. The highest BCUT2D eigenvalue weighted by Gasteiger charge is 2.11. The number of nitrogens with zero attached hydrogens (tertiary/aromatic N) is 3. The number of benzene rings is 1. The summed E-state index contributed by atoms with van der Waals surface area (Å²) in [4.78, 5) is 8.70. The summed E-state index contributed by atoms with van der Waals surface area (Å²) in [5.41, 5.74) is 5.41. The van der Waals surface area contributed by atoms with Crippen molar-refractivity contribution in [3.05, 3.63) is 53.7 Å². The van der Waals surface area contributed by atoms with Crippen LogP contribution in [-0.4, -0.2) is 30.4 Å². The lowest BCUT2D eigenvalue weighted by atomic mass is 10.1. The summed E-state index contributed by atoms with van der Waals surface area (Å²) >= 11 is 1.47. The lowest BCUT2D eigenvalue weighted by molar-refractivity contribution is 0.395. The summed E-state index contributed by atoms with van der Waals surface area (Å²) in [6.45, 7) is 0. The average molecular weight is 340 g/mol. The predicted molar refractivity (Wildman–Crippen MR) is 96.1 cm³/mol. The molecule has 1 aromatic carbocycles. The van der Waals surface area contributed by atoms with E-state index in [-0.39, 0.29) is 0 Å². The third-order valence-corrected chi connectivity index (χ3v) is 3.98. The first-order valence-corrected chi connectivity index (χ1v) is 8.06. The van der Waals surface area contributed by atoms with Crippen molar-refractivity contribution in [2.45, 2.75) is 0 Å². The molecule has 24 heavy (non-hydrogen) atoms. The highest BCUT2D eigenvalue weighted by molar-refractivity contribution is 7.14. The Bertz CT molecular complexity index is 834. The van der Waals surface area contributed by atoms with Gasteiger partial charge in [-0.3, -0.25) is 10.4 Å². The van der Waals surface area contributed by atoms with Gasteiger partial charge in [-0.25, -0.2) is 4.98 Å². The number of hydrogen-bond donors (Lipinski definition) is 1. The van der Waals surface area contributed by atoms with E-state index in [4.69, 9.17) is 9.47 Å². The van der Waals surface area contributed by atoms with Crippen LogP contribution in [-0.2, 0) is 0 Å². The Morgan fingerprint density at radius 1 is 1.17 bits per heavy atom. The summed E-state index contributed by atoms with van der Waals surface area (Å²) in [6.07, 6.45) is 3.37. The number of aromatic nitrogens is 2. The molecule has 0 radical (unpaired) electrons. The number of ether oxygens (including phenoxy) is 2. The van der Waals surface area contributed by atoms with Crippen molar-refractivity contribution in [1.29, 1.82) is 0 Å². The van der Waals surface area contributed by atoms with Gasteiger partial charge >= 0.3 is 0 Å². The van der Waals surface area contributed by atoms with Gasteiger partial charge in [0.25, 0.3) is 0 Å². The lowest BCUT2D eigenvalue weighted by Crippen LogP contribution is -1.93. The Hall–Kier alpha value is -2.93. The summed E-state index contributed by atoms with van der Waals surface area (Å²) in [6, 6.07) is 11.3. The van der Waals surface area contributed by atoms with E-state index in [1.807, 2.05) is 41.8 Å². The van der Waals surface area contributed by atoms with Crippen LogP contribution >= 0.6 is 11.3 Å². The van der Waals surface area contributed by atoms with Gasteiger partial charge in [0.05, 0.1) is 31.8 Å². The van der Waals surface area contributed by atoms with Crippen LogP contribution in [0.25, 0.3) is 11.3 Å². The number of rotatable bonds is 6. The van der Waals surface area contributed by atoms with Gasteiger partial charge in [-0.15, -0.1) is 11.3 Å². The van der Waals surface area contributed by atoms with Crippen molar-refractivity contribution >= 4 is 22.7 Å². The van der Waals surface area contributed by atoms with Gasteiger partial charge in [0.15, 0.2) is 0 Å². The lowest BCUT2D eigenvalue weighted by Gasteiger charge is -2.08. The summed E-state index contributed by atoms with van der Waals surface area (Å²) in [5, 5.41) is 6.79. The molecule has 0 aliphatic heterocycles. The molecule has 0 atom stereocenters. The van der Waals surface area contributed by atoms with E-state index >= 15 is 0 Å². The highest BCUT2D eigenvalue weighted by Crippen LogP contribution is 2.34. The third kappa shape index (κ3) is 3.69. The standard InChI is InChI=1S/C17H16N4O2S/c1-22-13-6-7-14(16(9-13)23-2)15-11-24-17(20-15)21-19-10-12-5-3-4-8-18-12/h3-11H,1-2H3,(H,20,21)/b19-10-. The first kappa shape index (κ1) is 15.9. The Kier molecular flexibility index (Phi) is 5.02. The Labute approximate surface area is 143 Å². The molecule has 0 fully saturated rings. The first-order chi connectivity index (χ1) is 11.8. The molecule has 0 amide bonds. The number of hydrazone groups is 1. The van der Waals surface area contributed by atoms with Crippen LogP contribution in [0.1, 0.15) is 5.69 Å². The minimum atomic E-state index is 0.690. The number of nitrogens with one attached hydrogen (secondary N) is 1. The molecule has 7 heteroatoms. The van der Waals surface area contributed by atoms with Gasteiger partial charge in [0.1, 0.15) is 11.5 Å². The molecule has 0 bridgehead atoms. The van der Waals surface area contributed by atoms with E-state index in [0.29, 0.717) is 10.9 Å². The van der Waals surface area contributed by atoms with E-state index in [1.54, 1.807) is 26.6 Å². The quantitative estimate of drug-likeness (QED) is 0.548. The molecule has 0 saturated carbocycles. The van der Waals surface area contributed by atoms with Crippen LogP contribution < -0.4 is 14.9 Å². The summed E-state index contributed by atoms with van der Waals surface area (Å²) in [7, 11) is 3.25. The molecule has 6 nitrogen and oxygen atoms in total. The van der Waals surface area contributed by atoms with E-state index in [1.165, 1.54) is 11.3 Å². The number of thiazole rings is 1.